The highest BCUT2D eigenvalue weighted by Crippen LogP contribution is 2.10. The number of nitrogens with zero attached hydrogens (tertiary/aromatic N) is 2. The summed E-state index contributed by atoms with van der Waals surface area (Å²) in [5.41, 5.74) is 4.21. The number of aryl methyl sites for hydroxylation is 3. The van der Waals surface area contributed by atoms with Crippen LogP contribution in [0.15, 0.2) is 30.3 Å². The minimum absolute atomic E-state index is 0.597. The summed E-state index contributed by atoms with van der Waals surface area (Å²) in [5.74, 6) is 0. The van der Waals surface area contributed by atoms with Crippen LogP contribution in [0, 0.1) is 20.8 Å². The molecule has 0 atom stereocenters. The second kappa shape index (κ2) is 4.67. The Labute approximate surface area is 106 Å². The van der Waals surface area contributed by atoms with E-state index < -0.39 is 0 Å². The zero-order valence-electron chi connectivity index (χ0n) is 10.2. The van der Waals surface area contributed by atoms with Crippen molar-refractivity contribution in [1.82, 2.24) is 9.78 Å². The van der Waals surface area contributed by atoms with Gasteiger partial charge in [-0.1, -0.05) is 17.7 Å². The standard InChI is InChI=1S/C13H15N3S/c1-9-4-6-12(7-5-9)14-13(17)16-11(3)8-10(2)15-16/h4-8H,1-3H3,(H,14,17). The van der Waals surface area contributed by atoms with E-state index in [0.29, 0.717) is 5.11 Å². The van der Waals surface area contributed by atoms with E-state index in [0.717, 1.165) is 17.1 Å². The van der Waals surface area contributed by atoms with E-state index in [9.17, 15) is 0 Å². The molecule has 0 aliphatic carbocycles. The predicted octanol–water partition coefficient (Wildman–Crippen LogP) is 3.05. The highest BCUT2D eigenvalue weighted by atomic mass is 32.1. The van der Waals surface area contributed by atoms with Gasteiger partial charge in [-0.15, -0.1) is 0 Å². The first-order valence-corrected chi connectivity index (χ1v) is 5.88. The molecule has 17 heavy (non-hydrogen) atoms. The molecule has 1 N–H and O–H groups in total. The maximum atomic E-state index is 5.33. The fourth-order valence-electron chi connectivity index (χ4n) is 1.65. The van der Waals surface area contributed by atoms with Crippen LogP contribution in [0.1, 0.15) is 17.0 Å². The fraction of sp³-hybridized carbons (Fsp3) is 0.231. The lowest BCUT2D eigenvalue weighted by molar-refractivity contribution is 0.892. The summed E-state index contributed by atoms with van der Waals surface area (Å²) in [6, 6.07) is 10.1. The van der Waals surface area contributed by atoms with E-state index in [2.05, 4.69) is 17.3 Å². The number of rotatable bonds is 1. The fourth-order valence-corrected chi connectivity index (χ4v) is 1.95. The highest BCUT2D eigenvalue weighted by Gasteiger charge is 2.06. The second-order valence-corrected chi connectivity index (χ2v) is 4.52. The molecular weight excluding hydrogens is 230 g/mol. The molecule has 0 radical (unpaired) electrons. The second-order valence-electron chi connectivity index (χ2n) is 4.14. The van der Waals surface area contributed by atoms with Crippen LogP contribution in [0.4, 0.5) is 5.69 Å². The first-order chi connectivity index (χ1) is 8.06. The van der Waals surface area contributed by atoms with Crippen LogP contribution in [0.3, 0.4) is 0 Å². The third kappa shape index (κ3) is 2.71. The Morgan fingerprint density at radius 1 is 1.18 bits per heavy atom. The Balaban J connectivity index is 2.17. The Kier molecular flexibility index (Phi) is 3.24. The van der Waals surface area contributed by atoms with E-state index in [4.69, 9.17) is 12.2 Å². The maximum absolute atomic E-state index is 5.33. The molecule has 88 valence electrons. The first-order valence-electron chi connectivity index (χ1n) is 5.47. The zero-order chi connectivity index (χ0) is 12.4. The summed E-state index contributed by atoms with van der Waals surface area (Å²) in [6.45, 7) is 6.00. The van der Waals surface area contributed by atoms with Gasteiger partial charge in [-0.3, -0.25) is 0 Å². The van der Waals surface area contributed by atoms with Crippen LogP contribution in [-0.4, -0.2) is 14.9 Å². The largest absolute Gasteiger partial charge is 0.331 e. The third-order valence-electron chi connectivity index (χ3n) is 2.50. The average molecular weight is 245 g/mol. The number of hydrogen-bond donors (Lipinski definition) is 1. The molecule has 0 unspecified atom stereocenters. The molecule has 0 saturated carbocycles. The lowest BCUT2D eigenvalue weighted by Gasteiger charge is -2.09. The van der Waals surface area contributed by atoms with Crippen molar-refractivity contribution < 1.29 is 0 Å². The average Bonchev–Trinajstić information content (AvgIpc) is 2.61. The van der Waals surface area contributed by atoms with Crippen LogP contribution in [0.25, 0.3) is 0 Å². The molecular formula is C13H15N3S. The highest BCUT2D eigenvalue weighted by molar-refractivity contribution is 7.80. The quantitative estimate of drug-likeness (QED) is 0.783. The number of thiocarbonyl (C=S) groups is 1. The van der Waals surface area contributed by atoms with Gasteiger partial charge >= 0.3 is 0 Å². The molecule has 4 heteroatoms. The summed E-state index contributed by atoms with van der Waals surface area (Å²) in [4.78, 5) is 0. The van der Waals surface area contributed by atoms with Crippen LogP contribution in [0.2, 0.25) is 0 Å². The molecule has 2 rings (SSSR count). The topological polar surface area (TPSA) is 29.9 Å². The number of aromatic nitrogens is 2. The Bertz CT molecular complexity index is 540. The summed E-state index contributed by atoms with van der Waals surface area (Å²) < 4.78 is 1.74. The molecule has 0 saturated heterocycles. The Hall–Kier alpha value is -1.68. The van der Waals surface area contributed by atoms with Crippen molar-refractivity contribution in [3.63, 3.8) is 0 Å². The molecule has 1 aromatic carbocycles. The van der Waals surface area contributed by atoms with Gasteiger partial charge < -0.3 is 5.32 Å². The zero-order valence-corrected chi connectivity index (χ0v) is 11.0. The van der Waals surface area contributed by atoms with Gasteiger partial charge in [0, 0.05) is 11.4 Å². The molecule has 1 aromatic heterocycles. The Morgan fingerprint density at radius 2 is 1.82 bits per heavy atom. The molecule has 0 bridgehead atoms. The van der Waals surface area contributed by atoms with Gasteiger partial charge in [0.25, 0.3) is 0 Å². The summed E-state index contributed by atoms with van der Waals surface area (Å²) in [6.07, 6.45) is 0. The van der Waals surface area contributed by atoms with Gasteiger partial charge in [-0.2, -0.15) is 5.10 Å². The van der Waals surface area contributed by atoms with E-state index in [-0.39, 0.29) is 0 Å². The van der Waals surface area contributed by atoms with Crippen molar-refractivity contribution in [3.05, 3.63) is 47.3 Å². The first kappa shape index (κ1) is 11.8. The molecule has 0 amide bonds. The van der Waals surface area contributed by atoms with Crippen LogP contribution in [-0.2, 0) is 0 Å². The molecule has 3 nitrogen and oxygen atoms in total. The number of benzene rings is 1. The van der Waals surface area contributed by atoms with Gasteiger partial charge in [-0.05, 0) is 51.2 Å². The van der Waals surface area contributed by atoms with Gasteiger partial charge in [0.1, 0.15) is 0 Å². The molecule has 0 aliphatic heterocycles. The molecule has 0 fully saturated rings. The smallest absolute Gasteiger partial charge is 0.198 e. The van der Waals surface area contributed by atoms with Crippen molar-refractivity contribution in [3.8, 4) is 0 Å². The van der Waals surface area contributed by atoms with Crippen molar-refractivity contribution >= 4 is 23.0 Å². The van der Waals surface area contributed by atoms with Gasteiger partial charge in [0.2, 0.25) is 0 Å². The maximum Gasteiger partial charge on any atom is 0.198 e. The number of nitrogens with one attached hydrogen (secondary N) is 1. The predicted molar refractivity (Wildman–Crippen MR) is 74.5 cm³/mol. The van der Waals surface area contributed by atoms with Crippen molar-refractivity contribution in [2.45, 2.75) is 20.8 Å². The van der Waals surface area contributed by atoms with Gasteiger partial charge in [0.05, 0.1) is 5.69 Å². The van der Waals surface area contributed by atoms with E-state index in [1.807, 2.05) is 44.2 Å². The summed E-state index contributed by atoms with van der Waals surface area (Å²) in [7, 11) is 0. The van der Waals surface area contributed by atoms with E-state index in [1.165, 1.54) is 5.56 Å². The van der Waals surface area contributed by atoms with Crippen LogP contribution < -0.4 is 5.32 Å². The number of anilines is 1. The summed E-state index contributed by atoms with van der Waals surface area (Å²) in [5, 5.41) is 8.11. The van der Waals surface area contributed by atoms with E-state index >= 15 is 0 Å². The van der Waals surface area contributed by atoms with Crippen molar-refractivity contribution in [2.24, 2.45) is 0 Å². The van der Waals surface area contributed by atoms with Crippen LogP contribution >= 0.6 is 12.2 Å². The van der Waals surface area contributed by atoms with Gasteiger partial charge in [-0.25, -0.2) is 4.68 Å². The normalized spacial score (nSPS) is 10.3. The van der Waals surface area contributed by atoms with E-state index in [1.54, 1.807) is 4.68 Å². The lowest BCUT2D eigenvalue weighted by atomic mass is 10.2. The van der Waals surface area contributed by atoms with Crippen molar-refractivity contribution in [2.75, 3.05) is 5.32 Å². The van der Waals surface area contributed by atoms with Gasteiger partial charge in [0.15, 0.2) is 5.11 Å². The monoisotopic (exact) mass is 245 g/mol. The van der Waals surface area contributed by atoms with Crippen molar-refractivity contribution in [1.29, 1.82) is 0 Å². The summed E-state index contributed by atoms with van der Waals surface area (Å²) >= 11 is 5.33. The Morgan fingerprint density at radius 3 is 2.35 bits per heavy atom. The lowest BCUT2D eigenvalue weighted by Crippen LogP contribution is -2.21. The third-order valence-corrected chi connectivity index (χ3v) is 2.78. The SMILES string of the molecule is Cc1ccc(NC(=S)n2nc(C)cc2C)cc1. The van der Waals surface area contributed by atoms with Crippen LogP contribution in [0.5, 0.6) is 0 Å². The number of hydrogen-bond acceptors (Lipinski definition) is 2. The molecule has 0 spiro atoms. The molecule has 0 aliphatic rings. The molecule has 1 heterocycles. The minimum atomic E-state index is 0.597. The molecule has 2 aromatic rings. The minimum Gasteiger partial charge on any atom is -0.331 e.